The van der Waals surface area contributed by atoms with Crippen molar-refractivity contribution in [1.82, 2.24) is 4.57 Å². The van der Waals surface area contributed by atoms with Crippen LogP contribution in [-0.4, -0.2) is 16.1 Å². The molecule has 4 nitrogen and oxygen atoms in total. The van der Waals surface area contributed by atoms with Gasteiger partial charge in [-0.3, -0.25) is 9.59 Å². The average Bonchev–Trinajstić information content (AvgIpc) is 3.01. The molecule has 0 spiro atoms. The standard InChI is InChI=1S/C25H35N2O2.BrH/c1-4-6-8-9-10-14-18-27-19(3)26(17-13-7-5-2)22-23(27)25(29)21-16-12-11-15-20(21)24(22)28;/h11-12,15-16H,4-10,13-14,17-18H2,1-3H3;1H/q+1;/p-1. The molecule has 30 heavy (non-hydrogen) atoms. The number of hydrogen-bond donors (Lipinski definition) is 0. The summed E-state index contributed by atoms with van der Waals surface area (Å²) in [5.74, 6) is 1.03. The lowest BCUT2D eigenvalue weighted by Crippen LogP contribution is -3.00. The molecule has 0 amide bonds. The molecule has 0 atom stereocenters. The van der Waals surface area contributed by atoms with Crippen LogP contribution in [0.25, 0.3) is 0 Å². The maximum atomic E-state index is 13.4. The summed E-state index contributed by atoms with van der Waals surface area (Å²) in [6.45, 7) is 8.08. The first-order valence-electron chi connectivity index (χ1n) is 11.4. The van der Waals surface area contributed by atoms with E-state index >= 15 is 0 Å². The van der Waals surface area contributed by atoms with E-state index in [0.29, 0.717) is 22.5 Å². The van der Waals surface area contributed by atoms with Gasteiger partial charge < -0.3 is 17.0 Å². The third kappa shape index (κ3) is 4.93. The van der Waals surface area contributed by atoms with E-state index in [4.69, 9.17) is 0 Å². The van der Waals surface area contributed by atoms with Crippen molar-refractivity contribution in [3.63, 3.8) is 0 Å². The van der Waals surface area contributed by atoms with Gasteiger partial charge in [0.1, 0.15) is 0 Å². The minimum atomic E-state index is -0.00325. The van der Waals surface area contributed by atoms with Gasteiger partial charge in [-0.15, -0.1) is 0 Å². The molecule has 0 fully saturated rings. The zero-order valence-corrected chi connectivity index (χ0v) is 20.3. The number of nitrogens with zero attached hydrogens (tertiary/aromatic N) is 2. The van der Waals surface area contributed by atoms with Crippen LogP contribution in [0.1, 0.15) is 110 Å². The van der Waals surface area contributed by atoms with Crippen LogP contribution >= 0.6 is 0 Å². The summed E-state index contributed by atoms with van der Waals surface area (Å²) in [4.78, 5) is 26.7. The summed E-state index contributed by atoms with van der Waals surface area (Å²) in [7, 11) is 0. The molecule has 0 unspecified atom stereocenters. The lowest BCUT2D eigenvalue weighted by Gasteiger charge is -2.13. The predicted molar refractivity (Wildman–Crippen MR) is 116 cm³/mol. The number of ketones is 2. The zero-order valence-electron chi connectivity index (χ0n) is 18.7. The molecule has 0 saturated carbocycles. The maximum Gasteiger partial charge on any atom is 0.254 e. The van der Waals surface area contributed by atoms with Crippen molar-refractivity contribution in [1.29, 1.82) is 0 Å². The minimum absolute atomic E-state index is 0. The van der Waals surface area contributed by atoms with Gasteiger partial charge in [-0.05, 0) is 25.7 Å². The number of rotatable bonds is 11. The molecular weight excluding hydrogens is 440 g/mol. The third-order valence-electron chi connectivity index (χ3n) is 6.11. The van der Waals surface area contributed by atoms with Crippen molar-refractivity contribution in [2.45, 2.75) is 91.6 Å². The highest BCUT2D eigenvalue weighted by Crippen LogP contribution is 2.27. The Morgan fingerprint density at radius 3 is 2.03 bits per heavy atom. The van der Waals surface area contributed by atoms with Crippen LogP contribution in [0, 0.1) is 6.92 Å². The summed E-state index contributed by atoms with van der Waals surface area (Å²) in [5, 5.41) is 0. The van der Waals surface area contributed by atoms with Gasteiger partial charge >= 0.3 is 0 Å². The van der Waals surface area contributed by atoms with Crippen molar-refractivity contribution < 1.29 is 31.1 Å². The van der Waals surface area contributed by atoms with Gasteiger partial charge in [0.05, 0.1) is 13.1 Å². The number of fused-ring (bicyclic) bond motifs is 2. The van der Waals surface area contributed by atoms with Crippen molar-refractivity contribution in [3.05, 3.63) is 52.6 Å². The molecule has 1 aromatic heterocycles. The quantitative estimate of drug-likeness (QED) is 0.316. The Kier molecular flexibility index (Phi) is 9.47. The molecule has 1 aliphatic carbocycles. The largest absolute Gasteiger partial charge is 1.00 e. The van der Waals surface area contributed by atoms with Gasteiger partial charge in [0.15, 0.2) is 0 Å². The van der Waals surface area contributed by atoms with Gasteiger partial charge in [0.25, 0.3) is 5.82 Å². The number of halogens is 1. The molecular formula is C25H35BrN2O2. The summed E-state index contributed by atoms with van der Waals surface area (Å²) in [6, 6.07) is 7.27. The van der Waals surface area contributed by atoms with E-state index in [1.54, 1.807) is 12.1 Å². The molecule has 164 valence electrons. The molecule has 0 radical (unpaired) electrons. The Hall–Kier alpha value is -1.75. The lowest BCUT2D eigenvalue weighted by molar-refractivity contribution is -0.704. The number of benzene rings is 1. The second-order valence-electron chi connectivity index (χ2n) is 8.23. The van der Waals surface area contributed by atoms with E-state index in [-0.39, 0.29) is 28.5 Å². The fraction of sp³-hybridized carbons (Fsp3) is 0.560. The Morgan fingerprint density at radius 2 is 1.37 bits per heavy atom. The van der Waals surface area contributed by atoms with E-state index < -0.39 is 0 Å². The first kappa shape index (κ1) is 24.5. The second kappa shape index (κ2) is 11.6. The summed E-state index contributed by atoms with van der Waals surface area (Å²) in [5.41, 5.74) is 2.31. The molecule has 1 aliphatic rings. The van der Waals surface area contributed by atoms with Crippen molar-refractivity contribution in [3.8, 4) is 0 Å². The highest BCUT2D eigenvalue weighted by Gasteiger charge is 2.42. The first-order valence-corrected chi connectivity index (χ1v) is 11.4. The number of aromatic nitrogens is 2. The van der Waals surface area contributed by atoms with Crippen molar-refractivity contribution >= 4 is 11.6 Å². The number of carbonyl (C=O) groups excluding carboxylic acids is 2. The fourth-order valence-corrected chi connectivity index (χ4v) is 4.44. The van der Waals surface area contributed by atoms with E-state index in [2.05, 4.69) is 29.9 Å². The highest BCUT2D eigenvalue weighted by molar-refractivity contribution is 6.26. The minimum Gasteiger partial charge on any atom is -1.00 e. The SMILES string of the molecule is CCCCCCCCn1c2c([n+](CCCCC)c1C)C(=O)c1ccccc1C2=O.[Br-]. The maximum absolute atomic E-state index is 13.4. The number of hydrogen-bond acceptors (Lipinski definition) is 2. The van der Waals surface area contributed by atoms with Crippen LogP contribution in [0.2, 0.25) is 0 Å². The van der Waals surface area contributed by atoms with Gasteiger partial charge in [-0.1, -0.05) is 70.2 Å². The fourth-order valence-electron chi connectivity index (χ4n) is 4.44. The van der Waals surface area contributed by atoms with Crippen LogP contribution in [0.15, 0.2) is 24.3 Å². The van der Waals surface area contributed by atoms with Gasteiger partial charge in [-0.25, -0.2) is 9.13 Å². The van der Waals surface area contributed by atoms with Crippen LogP contribution in [0.4, 0.5) is 0 Å². The van der Waals surface area contributed by atoms with Crippen LogP contribution < -0.4 is 21.5 Å². The van der Waals surface area contributed by atoms with E-state index in [1.807, 2.05) is 12.1 Å². The van der Waals surface area contributed by atoms with Crippen molar-refractivity contribution in [2.75, 3.05) is 0 Å². The van der Waals surface area contributed by atoms with E-state index in [1.165, 1.54) is 32.1 Å². The summed E-state index contributed by atoms with van der Waals surface area (Å²) in [6.07, 6.45) is 10.6. The smallest absolute Gasteiger partial charge is 0.254 e. The Morgan fingerprint density at radius 1 is 0.800 bits per heavy atom. The molecule has 1 heterocycles. The van der Waals surface area contributed by atoms with Crippen molar-refractivity contribution in [2.24, 2.45) is 0 Å². The van der Waals surface area contributed by atoms with Gasteiger partial charge in [0, 0.05) is 18.1 Å². The number of imidazole rings is 1. The van der Waals surface area contributed by atoms with Crippen LogP contribution in [0.5, 0.6) is 0 Å². The monoisotopic (exact) mass is 474 g/mol. The number of carbonyl (C=O) groups is 2. The third-order valence-corrected chi connectivity index (χ3v) is 6.11. The van der Waals surface area contributed by atoms with E-state index in [0.717, 1.165) is 44.6 Å². The Balaban J connectivity index is 0.00000320. The lowest BCUT2D eigenvalue weighted by atomic mass is 9.90. The molecule has 1 aromatic carbocycles. The second-order valence-corrected chi connectivity index (χ2v) is 8.23. The molecule has 2 aromatic rings. The number of unbranched alkanes of at least 4 members (excludes halogenated alkanes) is 7. The predicted octanol–water partition coefficient (Wildman–Crippen LogP) is 2.41. The van der Waals surface area contributed by atoms with E-state index in [9.17, 15) is 9.59 Å². The molecule has 0 N–H and O–H groups in total. The molecule has 0 saturated heterocycles. The zero-order chi connectivity index (χ0) is 20.8. The van der Waals surface area contributed by atoms with Crippen LogP contribution in [-0.2, 0) is 13.1 Å². The summed E-state index contributed by atoms with van der Waals surface area (Å²) < 4.78 is 4.23. The van der Waals surface area contributed by atoms with Crippen LogP contribution in [0.3, 0.4) is 0 Å². The van der Waals surface area contributed by atoms with Gasteiger partial charge in [0.2, 0.25) is 23.0 Å². The first-order chi connectivity index (χ1) is 14.1. The molecule has 0 bridgehead atoms. The molecule has 5 heteroatoms. The van der Waals surface area contributed by atoms with Gasteiger partial charge in [-0.2, -0.15) is 0 Å². The normalized spacial score (nSPS) is 12.5. The topological polar surface area (TPSA) is 43.0 Å². The Bertz CT molecular complexity index is 886. The summed E-state index contributed by atoms with van der Waals surface area (Å²) >= 11 is 0. The molecule has 0 aliphatic heterocycles. The Labute approximate surface area is 191 Å². The molecule has 3 rings (SSSR count). The highest BCUT2D eigenvalue weighted by atomic mass is 79.9. The average molecular weight is 475 g/mol.